The van der Waals surface area contributed by atoms with Crippen LogP contribution in [0.5, 0.6) is 0 Å². The molecule has 0 saturated carbocycles. The van der Waals surface area contributed by atoms with Crippen molar-refractivity contribution in [3.63, 3.8) is 0 Å². The predicted molar refractivity (Wildman–Crippen MR) is 114 cm³/mol. The Morgan fingerprint density at radius 2 is 1.76 bits per heavy atom. The zero-order chi connectivity index (χ0) is 20.8. The van der Waals surface area contributed by atoms with E-state index in [0.717, 1.165) is 21.8 Å². The third-order valence-electron chi connectivity index (χ3n) is 4.49. The molecule has 0 fully saturated rings. The predicted octanol–water partition coefficient (Wildman–Crippen LogP) is 3.58. The van der Waals surface area contributed by atoms with E-state index in [1.54, 1.807) is 24.5 Å². The highest BCUT2D eigenvalue weighted by molar-refractivity contribution is 7.09. The Balaban J connectivity index is 1.60. The van der Waals surface area contributed by atoms with E-state index in [2.05, 4.69) is 20.6 Å². The van der Waals surface area contributed by atoms with Crippen molar-refractivity contribution in [2.45, 2.75) is 33.4 Å². The minimum absolute atomic E-state index is 0.0481. The van der Waals surface area contributed by atoms with Gasteiger partial charge in [0.2, 0.25) is 5.91 Å². The van der Waals surface area contributed by atoms with Gasteiger partial charge in [0, 0.05) is 28.9 Å². The van der Waals surface area contributed by atoms with Gasteiger partial charge in [0.1, 0.15) is 11.0 Å². The molecular formula is C22H24N4O2S. The van der Waals surface area contributed by atoms with Crippen LogP contribution in [-0.2, 0) is 11.3 Å². The third-order valence-corrected chi connectivity index (χ3v) is 5.34. The lowest BCUT2D eigenvalue weighted by atomic mass is 10.0. The Kier molecular flexibility index (Phi) is 6.72. The first-order valence-electron chi connectivity index (χ1n) is 9.44. The first-order chi connectivity index (χ1) is 13.9. The molecule has 0 aliphatic heterocycles. The number of benzene rings is 1. The fourth-order valence-corrected chi connectivity index (χ4v) is 3.53. The molecule has 3 aromatic rings. The smallest absolute Gasteiger partial charge is 0.251 e. The van der Waals surface area contributed by atoms with Gasteiger partial charge in [-0.3, -0.25) is 14.6 Å². The van der Waals surface area contributed by atoms with Gasteiger partial charge < -0.3 is 10.6 Å². The van der Waals surface area contributed by atoms with Crippen molar-refractivity contribution < 1.29 is 9.59 Å². The molecule has 0 aliphatic rings. The summed E-state index contributed by atoms with van der Waals surface area (Å²) in [7, 11) is 0. The summed E-state index contributed by atoms with van der Waals surface area (Å²) in [4.78, 5) is 33.8. The lowest BCUT2D eigenvalue weighted by molar-refractivity contribution is -0.124. The van der Waals surface area contributed by atoms with E-state index in [1.165, 1.54) is 11.3 Å². The topological polar surface area (TPSA) is 84.0 Å². The molecule has 0 aliphatic carbocycles. The number of hydrogen-bond donors (Lipinski definition) is 2. The van der Waals surface area contributed by atoms with Crippen LogP contribution in [0.2, 0.25) is 0 Å². The van der Waals surface area contributed by atoms with Crippen molar-refractivity contribution in [1.82, 2.24) is 20.6 Å². The number of amides is 2. The Bertz CT molecular complexity index is 968. The van der Waals surface area contributed by atoms with E-state index in [0.29, 0.717) is 12.1 Å². The van der Waals surface area contributed by atoms with Crippen LogP contribution in [0.1, 0.15) is 34.8 Å². The van der Waals surface area contributed by atoms with Crippen LogP contribution in [0.15, 0.2) is 54.2 Å². The van der Waals surface area contributed by atoms with Gasteiger partial charge in [-0.05, 0) is 37.1 Å². The number of carbonyl (C=O) groups is 2. The zero-order valence-corrected chi connectivity index (χ0v) is 17.5. The normalized spacial score (nSPS) is 11.9. The average Bonchev–Trinajstić information content (AvgIpc) is 3.20. The Morgan fingerprint density at radius 3 is 2.41 bits per heavy atom. The highest BCUT2D eigenvalue weighted by Crippen LogP contribution is 2.21. The van der Waals surface area contributed by atoms with Crippen molar-refractivity contribution in [2.75, 3.05) is 0 Å². The summed E-state index contributed by atoms with van der Waals surface area (Å²) in [6, 6.07) is 10.4. The fraction of sp³-hybridized carbons (Fsp3) is 0.273. The van der Waals surface area contributed by atoms with Crippen LogP contribution in [0.3, 0.4) is 0 Å². The molecule has 2 heterocycles. The zero-order valence-electron chi connectivity index (χ0n) is 16.7. The van der Waals surface area contributed by atoms with Crippen molar-refractivity contribution in [1.29, 1.82) is 0 Å². The highest BCUT2D eigenvalue weighted by atomic mass is 32.1. The molecule has 29 heavy (non-hydrogen) atoms. The molecular weight excluding hydrogens is 384 g/mol. The van der Waals surface area contributed by atoms with E-state index < -0.39 is 6.04 Å². The molecule has 0 spiro atoms. The summed E-state index contributed by atoms with van der Waals surface area (Å²) >= 11 is 1.48. The largest absolute Gasteiger partial charge is 0.348 e. The number of nitrogens with one attached hydrogen (secondary N) is 2. The maximum atomic E-state index is 12.7. The quantitative estimate of drug-likeness (QED) is 0.626. The number of rotatable bonds is 7. The van der Waals surface area contributed by atoms with Crippen molar-refractivity contribution in [2.24, 2.45) is 5.92 Å². The number of nitrogens with zero attached hydrogens (tertiary/aromatic N) is 2. The second kappa shape index (κ2) is 9.43. The van der Waals surface area contributed by atoms with Crippen LogP contribution in [0, 0.1) is 12.8 Å². The van der Waals surface area contributed by atoms with Crippen LogP contribution in [-0.4, -0.2) is 27.8 Å². The third kappa shape index (κ3) is 5.48. The van der Waals surface area contributed by atoms with Crippen molar-refractivity contribution in [3.8, 4) is 11.3 Å². The number of carbonyl (C=O) groups excluding carboxylic acids is 2. The molecule has 0 saturated heterocycles. The Hall–Kier alpha value is -3.06. The van der Waals surface area contributed by atoms with E-state index >= 15 is 0 Å². The summed E-state index contributed by atoms with van der Waals surface area (Å²) in [6.07, 6.45) is 3.44. The van der Waals surface area contributed by atoms with Gasteiger partial charge >= 0.3 is 0 Å². The highest BCUT2D eigenvalue weighted by Gasteiger charge is 2.24. The van der Waals surface area contributed by atoms with E-state index in [9.17, 15) is 9.59 Å². The number of pyridine rings is 1. The molecule has 2 N–H and O–H groups in total. The number of hydrogen-bond acceptors (Lipinski definition) is 5. The van der Waals surface area contributed by atoms with Crippen LogP contribution in [0.4, 0.5) is 0 Å². The van der Waals surface area contributed by atoms with Gasteiger partial charge in [-0.1, -0.05) is 31.5 Å². The monoisotopic (exact) mass is 408 g/mol. The maximum Gasteiger partial charge on any atom is 0.251 e. The molecule has 150 valence electrons. The molecule has 3 rings (SSSR count). The number of aromatic nitrogens is 2. The van der Waals surface area contributed by atoms with Crippen LogP contribution >= 0.6 is 11.3 Å². The van der Waals surface area contributed by atoms with E-state index in [-0.39, 0.29) is 17.7 Å². The van der Waals surface area contributed by atoms with Gasteiger partial charge in [-0.2, -0.15) is 0 Å². The Labute approximate surface area is 174 Å². The molecule has 7 heteroatoms. The molecule has 6 nitrogen and oxygen atoms in total. The summed E-state index contributed by atoms with van der Waals surface area (Å²) in [5.41, 5.74) is 3.46. The minimum Gasteiger partial charge on any atom is -0.348 e. The second-order valence-electron chi connectivity index (χ2n) is 7.14. The molecule has 2 amide bonds. The molecule has 1 unspecified atom stereocenters. The fourth-order valence-electron chi connectivity index (χ4n) is 2.78. The summed E-state index contributed by atoms with van der Waals surface area (Å²) in [5.74, 6) is -0.526. The standard InChI is InChI=1S/C22H24N4O2S/c1-14(2)20(26-21(27)17-6-4-15(3)5-7-17)22(28)24-12-19-25-18(13-29-19)16-8-10-23-11-9-16/h4-11,13-14,20H,12H2,1-3H3,(H,24,28)(H,26,27). The maximum absolute atomic E-state index is 12.7. The molecule has 1 atom stereocenters. The van der Waals surface area contributed by atoms with Gasteiger partial charge in [-0.15, -0.1) is 11.3 Å². The second-order valence-corrected chi connectivity index (χ2v) is 8.08. The average molecular weight is 409 g/mol. The molecule has 0 bridgehead atoms. The summed E-state index contributed by atoms with van der Waals surface area (Å²) < 4.78 is 0. The molecule has 1 aromatic carbocycles. The Morgan fingerprint density at radius 1 is 1.07 bits per heavy atom. The first-order valence-corrected chi connectivity index (χ1v) is 10.3. The minimum atomic E-state index is -0.622. The van der Waals surface area contributed by atoms with E-state index in [4.69, 9.17) is 0 Å². The number of thiazole rings is 1. The summed E-state index contributed by atoms with van der Waals surface area (Å²) in [5, 5.41) is 8.49. The summed E-state index contributed by atoms with van der Waals surface area (Å²) in [6.45, 7) is 6.10. The van der Waals surface area contributed by atoms with Crippen molar-refractivity contribution >= 4 is 23.2 Å². The van der Waals surface area contributed by atoms with Gasteiger partial charge in [0.05, 0.1) is 12.2 Å². The van der Waals surface area contributed by atoms with Gasteiger partial charge in [0.25, 0.3) is 5.91 Å². The van der Waals surface area contributed by atoms with Crippen molar-refractivity contribution in [3.05, 3.63) is 70.3 Å². The van der Waals surface area contributed by atoms with Crippen LogP contribution in [0.25, 0.3) is 11.3 Å². The number of aryl methyl sites for hydroxylation is 1. The van der Waals surface area contributed by atoms with Gasteiger partial charge in [-0.25, -0.2) is 4.98 Å². The first kappa shape index (κ1) is 20.7. The van der Waals surface area contributed by atoms with Gasteiger partial charge in [0.15, 0.2) is 0 Å². The lowest BCUT2D eigenvalue weighted by Crippen LogP contribution is -2.49. The molecule has 0 radical (unpaired) electrons. The van der Waals surface area contributed by atoms with E-state index in [1.807, 2.05) is 50.4 Å². The lowest BCUT2D eigenvalue weighted by Gasteiger charge is -2.21. The van der Waals surface area contributed by atoms with Crippen LogP contribution < -0.4 is 10.6 Å². The molecule has 2 aromatic heterocycles. The SMILES string of the molecule is Cc1ccc(C(=O)NC(C(=O)NCc2nc(-c3ccncc3)cs2)C(C)C)cc1.